The molecule has 0 radical (unpaired) electrons. The Kier molecular flexibility index (Phi) is 6.46. The summed E-state index contributed by atoms with van der Waals surface area (Å²) in [5, 5.41) is 5.36. The van der Waals surface area contributed by atoms with Gasteiger partial charge in [0.05, 0.1) is 5.52 Å². The summed E-state index contributed by atoms with van der Waals surface area (Å²) in [6.45, 7) is 5.56. The Labute approximate surface area is 180 Å². The van der Waals surface area contributed by atoms with E-state index in [1.165, 1.54) is 28.8 Å². The van der Waals surface area contributed by atoms with Crippen LogP contribution in [-0.2, 0) is 13.1 Å². The maximum absolute atomic E-state index is 13.3. The van der Waals surface area contributed by atoms with Crippen LogP contribution < -0.4 is 5.32 Å². The van der Waals surface area contributed by atoms with Gasteiger partial charge in [-0.2, -0.15) is 0 Å². The number of benzene rings is 2. The van der Waals surface area contributed by atoms with Crippen molar-refractivity contribution >= 4 is 40.7 Å². The normalized spacial score (nSPS) is 10.8. The van der Waals surface area contributed by atoms with E-state index in [9.17, 15) is 4.39 Å². The van der Waals surface area contributed by atoms with Crippen molar-refractivity contribution < 1.29 is 4.39 Å². The maximum atomic E-state index is 13.3. The highest BCUT2D eigenvalue weighted by Gasteiger charge is 2.15. The van der Waals surface area contributed by atoms with Crippen LogP contribution in [0.25, 0.3) is 10.9 Å². The molecule has 0 saturated carbocycles. The Bertz CT molecular complexity index is 1120. The molecule has 4 rings (SSSR count). The Balaban J connectivity index is 0.00000240. The molecule has 0 unspecified atom stereocenters. The molecule has 0 saturated heterocycles. The minimum Gasteiger partial charge on any atom is -0.364 e. The first kappa shape index (κ1) is 21.2. The number of rotatable bonds is 5. The smallest absolute Gasteiger partial charge is 0.150 e. The van der Waals surface area contributed by atoms with E-state index in [1.54, 1.807) is 0 Å². The third-order valence-electron chi connectivity index (χ3n) is 5.17. The molecule has 0 spiro atoms. The van der Waals surface area contributed by atoms with E-state index in [0.29, 0.717) is 13.1 Å². The molecule has 4 aromatic rings. The van der Waals surface area contributed by atoms with Gasteiger partial charge in [0.2, 0.25) is 0 Å². The number of pyridine rings is 1. The Morgan fingerprint density at radius 1 is 0.966 bits per heavy atom. The first-order valence-electron chi connectivity index (χ1n) is 9.20. The Morgan fingerprint density at radius 2 is 1.62 bits per heavy atom. The van der Waals surface area contributed by atoms with Gasteiger partial charge in [-0.05, 0) is 60.9 Å². The molecule has 2 heterocycles. The molecule has 2 aromatic carbocycles. The number of halogens is 3. The topological polar surface area (TPSA) is 29.9 Å². The van der Waals surface area contributed by atoms with Crippen molar-refractivity contribution in [3.8, 4) is 0 Å². The molecule has 150 valence electrons. The lowest BCUT2D eigenvalue weighted by atomic mass is 10.2. The number of hydrogen-bond acceptors (Lipinski definition) is 2. The van der Waals surface area contributed by atoms with Gasteiger partial charge >= 0.3 is 0 Å². The van der Waals surface area contributed by atoms with Crippen LogP contribution in [0.2, 0.25) is 5.02 Å². The number of aromatic nitrogens is 2. The summed E-state index contributed by atoms with van der Waals surface area (Å²) in [5.41, 5.74) is 5.66. The van der Waals surface area contributed by atoms with Crippen molar-refractivity contribution in [3.63, 3.8) is 0 Å². The summed E-state index contributed by atoms with van der Waals surface area (Å²) in [4.78, 5) is 4.59. The van der Waals surface area contributed by atoms with Crippen LogP contribution >= 0.6 is 24.0 Å². The average molecular weight is 430 g/mol. The number of anilines is 1. The molecule has 0 fully saturated rings. The fraction of sp³-hybridized carbons (Fsp3) is 0.174. The maximum Gasteiger partial charge on any atom is 0.150 e. The lowest BCUT2D eigenvalue weighted by Crippen LogP contribution is -2.07. The predicted molar refractivity (Wildman–Crippen MR) is 121 cm³/mol. The van der Waals surface area contributed by atoms with Crippen LogP contribution in [0.1, 0.15) is 22.4 Å². The van der Waals surface area contributed by atoms with Crippen molar-refractivity contribution in [1.29, 1.82) is 0 Å². The molecule has 0 amide bonds. The first-order valence-corrected chi connectivity index (χ1v) is 9.58. The SMILES string of the molecule is Cc1c(C)n(Cc2ccc(F)cc2)c2c(NCc3ccc(Cl)cc3)nccc12.Cl. The summed E-state index contributed by atoms with van der Waals surface area (Å²) in [7, 11) is 0. The number of nitrogens with one attached hydrogen (secondary N) is 1. The number of fused-ring (bicyclic) bond motifs is 1. The van der Waals surface area contributed by atoms with Crippen LogP contribution in [0.4, 0.5) is 10.2 Å². The molecule has 1 N–H and O–H groups in total. The van der Waals surface area contributed by atoms with E-state index < -0.39 is 0 Å². The zero-order valence-corrected chi connectivity index (χ0v) is 17.8. The number of hydrogen-bond donors (Lipinski definition) is 1. The molecule has 6 heteroatoms. The highest BCUT2D eigenvalue weighted by molar-refractivity contribution is 6.30. The minimum atomic E-state index is -0.221. The second-order valence-electron chi connectivity index (χ2n) is 6.96. The van der Waals surface area contributed by atoms with Gasteiger partial charge in [0.25, 0.3) is 0 Å². The van der Waals surface area contributed by atoms with Gasteiger partial charge in [0, 0.05) is 35.4 Å². The lowest BCUT2D eigenvalue weighted by molar-refractivity contribution is 0.626. The second kappa shape index (κ2) is 8.85. The van der Waals surface area contributed by atoms with E-state index >= 15 is 0 Å². The summed E-state index contributed by atoms with van der Waals surface area (Å²) >= 11 is 5.98. The fourth-order valence-electron chi connectivity index (χ4n) is 3.48. The molecule has 29 heavy (non-hydrogen) atoms. The van der Waals surface area contributed by atoms with Crippen molar-refractivity contribution in [1.82, 2.24) is 9.55 Å². The highest BCUT2D eigenvalue weighted by atomic mass is 35.5. The van der Waals surface area contributed by atoms with E-state index in [4.69, 9.17) is 11.6 Å². The molecular formula is C23H22Cl2FN3. The largest absolute Gasteiger partial charge is 0.364 e. The summed E-state index contributed by atoms with van der Waals surface area (Å²) in [5.74, 6) is 0.617. The van der Waals surface area contributed by atoms with Crippen molar-refractivity contribution in [3.05, 3.63) is 94.0 Å². The zero-order valence-electron chi connectivity index (χ0n) is 16.2. The van der Waals surface area contributed by atoms with Crippen LogP contribution in [0, 0.1) is 19.7 Å². The van der Waals surface area contributed by atoms with Crippen LogP contribution in [0.3, 0.4) is 0 Å². The minimum absolute atomic E-state index is 0. The van der Waals surface area contributed by atoms with Gasteiger partial charge in [-0.25, -0.2) is 9.37 Å². The molecule has 0 aliphatic rings. The van der Waals surface area contributed by atoms with Gasteiger partial charge in [-0.3, -0.25) is 0 Å². The molecule has 0 aliphatic heterocycles. The van der Waals surface area contributed by atoms with Gasteiger partial charge < -0.3 is 9.88 Å². The first-order chi connectivity index (χ1) is 13.5. The Hall–Kier alpha value is -2.56. The van der Waals surface area contributed by atoms with Crippen LogP contribution in [0.15, 0.2) is 60.8 Å². The third-order valence-corrected chi connectivity index (χ3v) is 5.42. The molecule has 0 aliphatic carbocycles. The van der Waals surface area contributed by atoms with E-state index in [-0.39, 0.29) is 18.2 Å². The molecular weight excluding hydrogens is 408 g/mol. The molecule has 0 atom stereocenters. The average Bonchev–Trinajstić information content (AvgIpc) is 2.95. The molecule has 2 aromatic heterocycles. The molecule has 3 nitrogen and oxygen atoms in total. The fourth-order valence-corrected chi connectivity index (χ4v) is 3.61. The van der Waals surface area contributed by atoms with Crippen molar-refractivity contribution in [2.24, 2.45) is 0 Å². The molecule has 0 bridgehead atoms. The lowest BCUT2D eigenvalue weighted by Gasteiger charge is -2.13. The van der Waals surface area contributed by atoms with Gasteiger partial charge in [0.1, 0.15) is 5.82 Å². The highest BCUT2D eigenvalue weighted by Crippen LogP contribution is 2.30. The number of aryl methyl sites for hydroxylation is 1. The van der Waals surface area contributed by atoms with Crippen molar-refractivity contribution in [2.45, 2.75) is 26.9 Å². The third kappa shape index (κ3) is 4.39. The second-order valence-corrected chi connectivity index (χ2v) is 7.40. The monoisotopic (exact) mass is 429 g/mol. The van der Waals surface area contributed by atoms with Crippen LogP contribution in [0.5, 0.6) is 0 Å². The standard InChI is InChI=1S/C23H21ClFN3.ClH/c1-15-16(2)28(14-18-5-9-20(25)10-6-18)22-21(15)11-12-26-23(22)27-13-17-3-7-19(24)8-4-17;/h3-12H,13-14H2,1-2H3,(H,26,27);1H. The Morgan fingerprint density at radius 3 is 2.31 bits per heavy atom. The van der Waals surface area contributed by atoms with Gasteiger partial charge in [-0.1, -0.05) is 35.9 Å². The predicted octanol–water partition coefficient (Wildman–Crippen LogP) is 6.53. The van der Waals surface area contributed by atoms with Gasteiger partial charge in [0.15, 0.2) is 5.82 Å². The zero-order chi connectivity index (χ0) is 19.7. The summed E-state index contributed by atoms with van der Waals surface area (Å²) in [6, 6.07) is 16.5. The van der Waals surface area contributed by atoms with Gasteiger partial charge in [-0.15, -0.1) is 12.4 Å². The van der Waals surface area contributed by atoms with E-state index in [1.807, 2.05) is 48.7 Å². The van der Waals surface area contributed by atoms with Crippen molar-refractivity contribution in [2.75, 3.05) is 5.32 Å². The van der Waals surface area contributed by atoms with Crippen LogP contribution in [-0.4, -0.2) is 9.55 Å². The summed E-state index contributed by atoms with van der Waals surface area (Å²) < 4.78 is 15.5. The van der Waals surface area contributed by atoms with E-state index in [2.05, 4.69) is 28.7 Å². The summed E-state index contributed by atoms with van der Waals surface area (Å²) in [6.07, 6.45) is 1.83. The number of nitrogens with zero attached hydrogens (tertiary/aromatic N) is 2. The quantitative estimate of drug-likeness (QED) is 0.390. The van der Waals surface area contributed by atoms with E-state index in [0.717, 1.165) is 27.5 Å².